The lowest BCUT2D eigenvalue weighted by atomic mass is 10.0. The quantitative estimate of drug-likeness (QED) is 0.467. The van der Waals surface area contributed by atoms with Crippen molar-refractivity contribution in [3.63, 3.8) is 0 Å². The van der Waals surface area contributed by atoms with Gasteiger partial charge >= 0.3 is 12.1 Å². The highest BCUT2D eigenvalue weighted by molar-refractivity contribution is 5.92. The van der Waals surface area contributed by atoms with E-state index in [-0.39, 0.29) is 18.4 Å². The average Bonchev–Trinajstić information content (AvgIpc) is 3.09. The summed E-state index contributed by atoms with van der Waals surface area (Å²) in [5.41, 5.74) is 1.48. The summed E-state index contributed by atoms with van der Waals surface area (Å²) in [6, 6.07) is 17.3. The van der Waals surface area contributed by atoms with Gasteiger partial charge in [-0.3, -0.25) is 9.36 Å². The molecular formula is C27H34N2O4. The number of aromatic nitrogens is 1. The van der Waals surface area contributed by atoms with E-state index in [1.54, 1.807) is 6.20 Å². The van der Waals surface area contributed by atoms with E-state index < -0.39 is 17.3 Å². The highest BCUT2D eigenvalue weighted by atomic mass is 16.6. The van der Waals surface area contributed by atoms with Crippen molar-refractivity contribution >= 4 is 23.0 Å². The molecule has 1 aromatic heterocycles. The van der Waals surface area contributed by atoms with Crippen LogP contribution >= 0.6 is 0 Å². The van der Waals surface area contributed by atoms with Crippen molar-refractivity contribution in [1.82, 2.24) is 9.88 Å². The van der Waals surface area contributed by atoms with Gasteiger partial charge in [-0.05, 0) is 58.7 Å². The van der Waals surface area contributed by atoms with Gasteiger partial charge in [0.25, 0.3) is 0 Å². The Morgan fingerprint density at radius 2 is 1.48 bits per heavy atom. The standard InChI is InChI=1S/C27H34N2O4/c1-26(2,3)32-24(30)16-22(28-17-19-12-8-7-9-13-19)21-18-29(25(31)33-27(4,5)6)23-15-11-10-14-20(21)23/h7-15,18,22,28H,16-17H2,1-6H3/t22-/m0/s1. The molecule has 0 radical (unpaired) electrons. The lowest BCUT2D eigenvalue weighted by Crippen LogP contribution is -2.29. The second-order valence-corrected chi connectivity index (χ2v) is 10.2. The second-order valence-electron chi connectivity index (χ2n) is 10.2. The molecule has 0 amide bonds. The van der Waals surface area contributed by atoms with Crippen LogP contribution < -0.4 is 5.32 Å². The summed E-state index contributed by atoms with van der Waals surface area (Å²) in [6.45, 7) is 11.6. The molecule has 3 aromatic rings. The van der Waals surface area contributed by atoms with Gasteiger partial charge in [-0.15, -0.1) is 0 Å². The predicted octanol–water partition coefficient (Wildman–Crippen LogP) is 5.99. The normalized spacial score (nSPS) is 13.0. The summed E-state index contributed by atoms with van der Waals surface area (Å²) in [5, 5.41) is 4.38. The molecule has 33 heavy (non-hydrogen) atoms. The van der Waals surface area contributed by atoms with E-state index in [4.69, 9.17) is 9.47 Å². The number of rotatable bonds is 6. The molecule has 6 heteroatoms. The lowest BCUT2D eigenvalue weighted by Gasteiger charge is -2.23. The first kappa shape index (κ1) is 24.5. The second kappa shape index (κ2) is 9.79. The van der Waals surface area contributed by atoms with Crippen molar-refractivity contribution < 1.29 is 19.1 Å². The molecule has 0 saturated heterocycles. The SMILES string of the molecule is CC(C)(C)OC(=O)C[C@H](NCc1ccccc1)c1cn(C(=O)OC(C)(C)C)c2ccccc12. The molecule has 176 valence electrons. The maximum absolute atomic E-state index is 12.9. The van der Waals surface area contributed by atoms with E-state index in [9.17, 15) is 9.59 Å². The number of nitrogens with one attached hydrogen (secondary N) is 1. The Balaban J connectivity index is 1.98. The number of hydrogen-bond donors (Lipinski definition) is 1. The molecule has 1 atom stereocenters. The number of hydrogen-bond acceptors (Lipinski definition) is 5. The van der Waals surface area contributed by atoms with E-state index in [0.29, 0.717) is 6.54 Å². The Kier molecular flexibility index (Phi) is 7.28. The van der Waals surface area contributed by atoms with Gasteiger partial charge in [0, 0.05) is 24.2 Å². The first-order valence-corrected chi connectivity index (χ1v) is 11.3. The van der Waals surface area contributed by atoms with E-state index in [0.717, 1.165) is 22.0 Å². The maximum atomic E-state index is 12.9. The van der Waals surface area contributed by atoms with Crippen molar-refractivity contribution in [1.29, 1.82) is 0 Å². The van der Waals surface area contributed by atoms with E-state index in [1.165, 1.54) is 4.57 Å². The maximum Gasteiger partial charge on any atom is 0.419 e. The summed E-state index contributed by atoms with van der Waals surface area (Å²) in [5.74, 6) is -0.304. The largest absolute Gasteiger partial charge is 0.460 e. The highest BCUT2D eigenvalue weighted by Crippen LogP contribution is 2.30. The summed E-state index contributed by atoms with van der Waals surface area (Å²) < 4.78 is 12.7. The van der Waals surface area contributed by atoms with Crippen LogP contribution in [0.2, 0.25) is 0 Å². The van der Waals surface area contributed by atoms with Crippen LogP contribution in [0.1, 0.15) is 65.1 Å². The van der Waals surface area contributed by atoms with Crippen molar-refractivity contribution in [2.45, 2.75) is 71.8 Å². The number of carbonyl (C=O) groups excluding carboxylic acids is 2. The predicted molar refractivity (Wildman–Crippen MR) is 130 cm³/mol. The third-order valence-electron chi connectivity index (χ3n) is 4.89. The third-order valence-corrected chi connectivity index (χ3v) is 4.89. The molecule has 0 unspecified atom stereocenters. The number of carbonyl (C=O) groups is 2. The number of esters is 1. The van der Waals surface area contributed by atoms with Crippen molar-refractivity contribution in [2.24, 2.45) is 0 Å². The zero-order valence-corrected chi connectivity index (χ0v) is 20.3. The zero-order chi connectivity index (χ0) is 24.2. The molecule has 1 N–H and O–H groups in total. The minimum absolute atomic E-state index is 0.131. The fraction of sp³-hybridized carbons (Fsp3) is 0.407. The van der Waals surface area contributed by atoms with Crippen molar-refractivity contribution in [2.75, 3.05) is 0 Å². The Morgan fingerprint density at radius 3 is 2.12 bits per heavy atom. The fourth-order valence-electron chi connectivity index (χ4n) is 3.62. The molecule has 0 aliphatic carbocycles. The summed E-state index contributed by atoms with van der Waals surface area (Å²) in [4.78, 5) is 25.7. The van der Waals surface area contributed by atoms with E-state index >= 15 is 0 Å². The molecule has 0 spiro atoms. The Labute approximate surface area is 195 Å². The van der Waals surface area contributed by atoms with E-state index in [2.05, 4.69) is 5.32 Å². The molecular weight excluding hydrogens is 416 g/mol. The van der Waals surface area contributed by atoms with Gasteiger partial charge < -0.3 is 14.8 Å². The first-order chi connectivity index (χ1) is 15.4. The molecule has 0 aliphatic rings. The summed E-state index contributed by atoms with van der Waals surface area (Å²) in [7, 11) is 0. The van der Waals surface area contributed by atoms with Crippen molar-refractivity contribution in [3.8, 4) is 0 Å². The molecule has 0 saturated carbocycles. The minimum atomic E-state index is -0.621. The van der Waals surface area contributed by atoms with Gasteiger partial charge in [0.1, 0.15) is 11.2 Å². The smallest absolute Gasteiger partial charge is 0.419 e. The molecule has 3 rings (SSSR count). The Hall–Kier alpha value is -3.12. The van der Waals surface area contributed by atoms with Crippen LogP contribution in [0.4, 0.5) is 4.79 Å². The Morgan fingerprint density at radius 1 is 0.879 bits per heavy atom. The Bertz CT molecular complexity index is 1100. The zero-order valence-electron chi connectivity index (χ0n) is 20.3. The summed E-state index contributed by atoms with van der Waals surface area (Å²) >= 11 is 0. The van der Waals surface area contributed by atoms with Crippen LogP contribution in [0.25, 0.3) is 10.9 Å². The molecule has 0 bridgehead atoms. The van der Waals surface area contributed by atoms with E-state index in [1.807, 2.05) is 96.1 Å². The molecule has 2 aromatic carbocycles. The monoisotopic (exact) mass is 450 g/mol. The van der Waals surface area contributed by atoms with Gasteiger partial charge in [0.05, 0.1) is 11.9 Å². The van der Waals surface area contributed by atoms with Gasteiger partial charge in [-0.2, -0.15) is 0 Å². The lowest BCUT2D eigenvalue weighted by molar-refractivity contribution is -0.155. The highest BCUT2D eigenvalue weighted by Gasteiger charge is 2.26. The van der Waals surface area contributed by atoms with Gasteiger partial charge in [-0.1, -0.05) is 48.5 Å². The third kappa shape index (κ3) is 6.93. The number of benzene rings is 2. The van der Waals surface area contributed by atoms with Gasteiger partial charge in [0.2, 0.25) is 0 Å². The van der Waals surface area contributed by atoms with Crippen molar-refractivity contribution in [3.05, 3.63) is 71.9 Å². The van der Waals surface area contributed by atoms with Crippen LogP contribution in [0, 0.1) is 0 Å². The molecule has 1 heterocycles. The van der Waals surface area contributed by atoms with Crippen LogP contribution in [0.5, 0.6) is 0 Å². The van der Waals surface area contributed by atoms with Gasteiger partial charge in [-0.25, -0.2) is 4.79 Å². The minimum Gasteiger partial charge on any atom is -0.460 e. The number of fused-ring (bicyclic) bond motifs is 1. The van der Waals surface area contributed by atoms with Crippen LogP contribution in [-0.2, 0) is 20.8 Å². The molecule has 6 nitrogen and oxygen atoms in total. The average molecular weight is 451 g/mol. The number of para-hydroxylation sites is 1. The van der Waals surface area contributed by atoms with Gasteiger partial charge in [0.15, 0.2) is 0 Å². The number of nitrogens with zero attached hydrogens (tertiary/aromatic N) is 1. The fourth-order valence-corrected chi connectivity index (χ4v) is 3.62. The van der Waals surface area contributed by atoms with Crippen LogP contribution in [-0.4, -0.2) is 27.8 Å². The number of ether oxygens (including phenoxy) is 2. The summed E-state index contributed by atoms with van der Waals surface area (Å²) in [6.07, 6.45) is 1.45. The molecule has 0 fully saturated rings. The topological polar surface area (TPSA) is 69.6 Å². The first-order valence-electron chi connectivity index (χ1n) is 11.3. The van der Waals surface area contributed by atoms with Crippen LogP contribution in [0.15, 0.2) is 60.8 Å². The van der Waals surface area contributed by atoms with Crippen LogP contribution in [0.3, 0.4) is 0 Å². The molecule has 0 aliphatic heterocycles.